The van der Waals surface area contributed by atoms with E-state index in [1.165, 1.54) is 11.8 Å². The Morgan fingerprint density at radius 2 is 1.73 bits per heavy atom. The van der Waals surface area contributed by atoms with Crippen molar-refractivity contribution in [1.29, 1.82) is 0 Å². The Hall–Kier alpha value is -3.80. The van der Waals surface area contributed by atoms with Crippen molar-refractivity contribution < 1.29 is 23.9 Å². The number of benzene rings is 3. The van der Waals surface area contributed by atoms with Crippen molar-refractivity contribution in [2.45, 2.75) is 55.4 Å². The number of para-hydroxylation sites is 1. The number of nitrogens with one attached hydrogen (secondary N) is 2. The number of rotatable bonds is 14. The molecule has 0 aliphatic carbocycles. The Balaban J connectivity index is 1.66. The van der Waals surface area contributed by atoms with Crippen molar-refractivity contribution in [2.75, 3.05) is 30.9 Å². The predicted molar refractivity (Wildman–Crippen MR) is 181 cm³/mol. The van der Waals surface area contributed by atoms with Gasteiger partial charge in [-0.2, -0.15) is 0 Å². The monoisotopic (exact) mass is 649 g/mol. The number of thioether (sulfide) groups is 1. The molecule has 0 bridgehead atoms. The number of anilines is 2. The largest absolute Gasteiger partial charge is 0.483 e. The lowest BCUT2D eigenvalue weighted by Gasteiger charge is -2.33. The van der Waals surface area contributed by atoms with Gasteiger partial charge in [0.1, 0.15) is 17.2 Å². The summed E-state index contributed by atoms with van der Waals surface area (Å²) in [4.78, 5) is 57.3. The van der Waals surface area contributed by atoms with Crippen LogP contribution in [0.5, 0.6) is 5.75 Å². The zero-order chi connectivity index (χ0) is 32.4. The first kappa shape index (κ1) is 34.1. The lowest BCUT2D eigenvalue weighted by Crippen LogP contribution is -2.44. The standard InChI is InChI=1S/C34H41N4O5S2/c1-4-6-17-34(5-2)32(41)38(24-15-11-8-12-16-24)25-20-28(44-3)26(21-27(25)45-33(34)42)43-22-29(39)37-30(31(40)36-19-18-35)23-13-9-7-10-14-23/h7-16,20-21,30,45H,4-6,17-19,22,35H2,1-3H3,(H,36,40)(H,37,39)/t30-,34?/m1/s1. The summed E-state index contributed by atoms with van der Waals surface area (Å²) in [6.07, 6.45) is 4.38. The third kappa shape index (κ3) is 7.71. The number of unbranched alkanes of at least 4 members (excludes halogenated alkanes) is 1. The second kappa shape index (κ2) is 16.0. The molecule has 1 unspecified atom stereocenters. The molecule has 0 fully saturated rings. The van der Waals surface area contributed by atoms with E-state index in [1.54, 1.807) is 35.2 Å². The second-order valence-electron chi connectivity index (χ2n) is 10.7. The lowest BCUT2D eigenvalue weighted by atomic mass is 9.79. The zero-order valence-electron chi connectivity index (χ0n) is 25.9. The first-order chi connectivity index (χ1) is 21.8. The molecule has 4 rings (SSSR count). The molecule has 9 nitrogen and oxygen atoms in total. The Bertz CT molecular complexity index is 1510. The van der Waals surface area contributed by atoms with Gasteiger partial charge >= 0.3 is 0 Å². The van der Waals surface area contributed by atoms with E-state index in [9.17, 15) is 19.2 Å². The van der Waals surface area contributed by atoms with E-state index in [1.807, 2.05) is 55.6 Å². The van der Waals surface area contributed by atoms with Crippen molar-refractivity contribution in [1.82, 2.24) is 10.6 Å². The molecule has 1 aliphatic heterocycles. The third-order valence-electron chi connectivity index (χ3n) is 7.82. The molecule has 1 heterocycles. The maximum absolute atomic E-state index is 14.4. The topological polar surface area (TPSA) is 131 Å². The first-order valence-electron chi connectivity index (χ1n) is 15.1. The number of thiol groups is 1. The van der Waals surface area contributed by atoms with Gasteiger partial charge in [-0.3, -0.25) is 24.1 Å². The summed E-state index contributed by atoms with van der Waals surface area (Å²) in [5.74, 6) is -0.673. The molecule has 0 aromatic heterocycles. The van der Waals surface area contributed by atoms with Crippen LogP contribution in [0.1, 0.15) is 51.1 Å². The van der Waals surface area contributed by atoms with E-state index in [-0.39, 0.29) is 36.6 Å². The highest BCUT2D eigenvalue weighted by Crippen LogP contribution is 2.51. The van der Waals surface area contributed by atoms with Gasteiger partial charge in [0.2, 0.25) is 11.8 Å². The van der Waals surface area contributed by atoms with Gasteiger partial charge in [-0.15, -0.1) is 23.5 Å². The number of nitrogens with two attached hydrogens (primary N) is 1. The predicted octanol–water partition coefficient (Wildman–Crippen LogP) is 5.34. The number of carbonyl (C=O) groups is 4. The molecule has 3 aromatic rings. The average Bonchev–Trinajstić information content (AvgIpc) is 3.15. The highest BCUT2D eigenvalue weighted by atomic mass is 32.2. The summed E-state index contributed by atoms with van der Waals surface area (Å²) in [5, 5.41) is 5.36. The SMILES string of the molecule is CCCCC1(CC)C(=O)[SH]c2cc(OCC(=O)N[C@@H](C(=O)NCCN)c3ccccc3)c(SC)cc2N(c2ccccc2)C1=O. The summed E-state index contributed by atoms with van der Waals surface area (Å²) in [7, 11) is 0. The fraction of sp³-hybridized carbons (Fsp3) is 0.353. The van der Waals surface area contributed by atoms with Gasteiger partial charge in [0.05, 0.1) is 10.6 Å². The Morgan fingerprint density at radius 1 is 1.04 bits per heavy atom. The van der Waals surface area contributed by atoms with Crippen LogP contribution in [-0.2, 0) is 19.2 Å². The van der Waals surface area contributed by atoms with E-state index in [2.05, 4.69) is 17.6 Å². The number of fused-ring (bicyclic) bond motifs is 1. The second-order valence-corrected chi connectivity index (χ2v) is 12.7. The van der Waals surface area contributed by atoms with Gasteiger partial charge in [-0.1, -0.05) is 75.2 Å². The third-order valence-corrected chi connectivity index (χ3v) is 9.81. The molecule has 2 atom stereocenters. The van der Waals surface area contributed by atoms with Crippen LogP contribution in [-0.4, -0.2) is 48.8 Å². The van der Waals surface area contributed by atoms with Gasteiger partial charge in [0.25, 0.3) is 5.91 Å². The molecule has 3 amide bonds. The van der Waals surface area contributed by atoms with Gasteiger partial charge in [-0.25, -0.2) is 0 Å². The van der Waals surface area contributed by atoms with Crippen LogP contribution in [0.3, 0.4) is 0 Å². The van der Waals surface area contributed by atoms with Crippen LogP contribution in [0, 0.1) is 5.41 Å². The van der Waals surface area contributed by atoms with Crippen LogP contribution < -0.4 is 26.0 Å². The van der Waals surface area contributed by atoms with Crippen LogP contribution in [0.2, 0.25) is 0 Å². The first-order valence-corrected chi connectivity index (χ1v) is 17.2. The minimum atomic E-state index is -1.15. The summed E-state index contributed by atoms with van der Waals surface area (Å²) in [5.41, 5.74) is 6.33. The molecule has 45 heavy (non-hydrogen) atoms. The van der Waals surface area contributed by atoms with Gasteiger partial charge < -0.3 is 21.1 Å². The molecule has 239 valence electrons. The maximum atomic E-state index is 14.4. The lowest BCUT2D eigenvalue weighted by molar-refractivity contribution is -0.136. The van der Waals surface area contributed by atoms with E-state index in [0.717, 1.165) is 12.8 Å². The fourth-order valence-corrected chi connectivity index (χ4v) is 7.11. The molecular formula is C34H41N4O5S2. The molecule has 0 saturated heterocycles. The van der Waals surface area contributed by atoms with Crippen LogP contribution in [0.4, 0.5) is 11.4 Å². The molecule has 11 heteroatoms. The van der Waals surface area contributed by atoms with Crippen molar-refractivity contribution in [3.63, 3.8) is 0 Å². The van der Waals surface area contributed by atoms with Crippen LogP contribution in [0.25, 0.3) is 0 Å². The molecular weight excluding hydrogens is 609 g/mol. The maximum Gasteiger partial charge on any atom is 0.258 e. The normalized spacial score (nSPS) is 16.8. The molecule has 0 saturated carbocycles. The Kier molecular flexibility index (Phi) is 12.1. The molecule has 1 radical (unpaired) electrons. The molecule has 4 N–H and O–H groups in total. The smallest absolute Gasteiger partial charge is 0.258 e. The zero-order valence-corrected chi connectivity index (χ0v) is 27.6. The number of hydrogen-bond acceptors (Lipinski definition) is 7. The Morgan fingerprint density at radius 3 is 2.36 bits per heavy atom. The van der Waals surface area contributed by atoms with Crippen molar-refractivity contribution in [2.24, 2.45) is 11.1 Å². The average molecular weight is 650 g/mol. The number of nitrogens with zero attached hydrogens (tertiary/aromatic N) is 1. The van der Waals surface area contributed by atoms with Crippen LogP contribution in [0.15, 0.2) is 82.6 Å². The summed E-state index contributed by atoms with van der Waals surface area (Å²) in [6.45, 7) is 4.14. The fourth-order valence-electron chi connectivity index (χ4n) is 5.30. The van der Waals surface area contributed by atoms with Gasteiger partial charge in [0.15, 0.2) is 11.7 Å². The van der Waals surface area contributed by atoms with Crippen LogP contribution >= 0.6 is 23.5 Å². The number of carbonyl (C=O) groups excluding carboxylic acids is 4. The highest BCUT2D eigenvalue weighted by Gasteiger charge is 2.49. The van der Waals surface area contributed by atoms with Crippen molar-refractivity contribution in [3.8, 4) is 5.75 Å². The number of amides is 3. The Labute approximate surface area is 273 Å². The summed E-state index contributed by atoms with van der Waals surface area (Å²) < 4.78 is 6.04. The minimum absolute atomic E-state index is 0.141. The van der Waals surface area contributed by atoms with E-state index >= 15 is 0 Å². The van der Waals surface area contributed by atoms with E-state index in [4.69, 9.17) is 10.5 Å². The minimum Gasteiger partial charge on any atom is -0.483 e. The molecule has 3 aromatic carbocycles. The van der Waals surface area contributed by atoms with Gasteiger partial charge in [0, 0.05) is 23.7 Å². The van der Waals surface area contributed by atoms with E-state index < -0.39 is 17.4 Å². The molecule has 0 spiro atoms. The summed E-state index contributed by atoms with van der Waals surface area (Å²) in [6, 6.07) is 21.0. The number of ether oxygens (including phenoxy) is 1. The van der Waals surface area contributed by atoms with E-state index in [0.29, 0.717) is 57.1 Å². The van der Waals surface area contributed by atoms with Crippen molar-refractivity contribution >= 4 is 57.7 Å². The van der Waals surface area contributed by atoms with Gasteiger partial charge in [-0.05, 0) is 48.9 Å². The quantitative estimate of drug-likeness (QED) is 0.105. The highest BCUT2D eigenvalue weighted by molar-refractivity contribution is 8.14. The summed E-state index contributed by atoms with van der Waals surface area (Å²) >= 11 is 1.81. The number of hydrogen-bond donors (Lipinski definition) is 4. The molecule has 1 aliphatic rings. The van der Waals surface area contributed by atoms with Crippen molar-refractivity contribution in [3.05, 3.63) is 78.4 Å².